The summed E-state index contributed by atoms with van der Waals surface area (Å²) in [6.45, 7) is 0. The van der Waals surface area contributed by atoms with E-state index in [1.54, 1.807) is 6.21 Å². The zero-order valence-corrected chi connectivity index (χ0v) is 15.9. The molecule has 0 bridgehead atoms. The predicted molar refractivity (Wildman–Crippen MR) is 118 cm³/mol. The van der Waals surface area contributed by atoms with Crippen molar-refractivity contribution in [3.63, 3.8) is 0 Å². The van der Waals surface area contributed by atoms with Gasteiger partial charge in [0.15, 0.2) is 5.71 Å². The number of aromatic nitrogens is 2. The van der Waals surface area contributed by atoms with E-state index in [2.05, 4.69) is 15.5 Å². The van der Waals surface area contributed by atoms with Crippen molar-refractivity contribution in [1.29, 1.82) is 0 Å². The molecule has 0 aliphatic carbocycles. The number of hydrogen-bond donors (Lipinski definition) is 1. The Morgan fingerprint density at radius 2 is 1.57 bits per heavy atom. The Kier molecular flexibility index (Phi) is 4.50. The van der Waals surface area contributed by atoms with Crippen LogP contribution in [-0.2, 0) is 4.79 Å². The summed E-state index contributed by atoms with van der Waals surface area (Å²) in [5.74, 6) is -0.253. The van der Waals surface area contributed by atoms with Crippen LogP contribution >= 0.6 is 0 Å². The Hall–Kier alpha value is -4.32. The van der Waals surface area contributed by atoms with Crippen molar-refractivity contribution in [2.45, 2.75) is 0 Å². The van der Waals surface area contributed by atoms with Gasteiger partial charge >= 0.3 is 0 Å². The van der Waals surface area contributed by atoms with E-state index in [-0.39, 0.29) is 5.91 Å². The number of nitrogens with one attached hydrogen (secondary N) is 1. The molecule has 6 heteroatoms. The Morgan fingerprint density at radius 1 is 0.867 bits per heavy atom. The third kappa shape index (κ3) is 3.31. The lowest BCUT2D eigenvalue weighted by molar-refractivity contribution is -0.110. The summed E-state index contributed by atoms with van der Waals surface area (Å²) in [6, 6.07) is 27.2. The fourth-order valence-corrected chi connectivity index (χ4v) is 3.37. The molecule has 0 fully saturated rings. The zero-order chi connectivity index (χ0) is 20.3. The molecule has 3 aromatic carbocycles. The second-order valence-corrected chi connectivity index (χ2v) is 6.77. The summed E-state index contributed by atoms with van der Waals surface area (Å²) in [7, 11) is 0. The van der Waals surface area contributed by atoms with E-state index in [1.165, 1.54) is 0 Å². The lowest BCUT2D eigenvalue weighted by Crippen LogP contribution is -2.13. The van der Waals surface area contributed by atoms with E-state index in [1.807, 2.05) is 95.8 Å². The van der Waals surface area contributed by atoms with Crippen molar-refractivity contribution >= 4 is 23.5 Å². The molecule has 1 N–H and O–H groups in total. The number of rotatable bonds is 4. The van der Waals surface area contributed by atoms with Gasteiger partial charge in [0, 0.05) is 22.9 Å². The highest BCUT2D eigenvalue weighted by Crippen LogP contribution is 2.24. The lowest BCUT2D eigenvalue weighted by Gasteiger charge is -2.00. The van der Waals surface area contributed by atoms with Gasteiger partial charge in [-0.15, -0.1) is 5.10 Å². The van der Waals surface area contributed by atoms with Gasteiger partial charge in [-0.05, 0) is 18.2 Å². The van der Waals surface area contributed by atoms with Gasteiger partial charge in [-0.2, -0.15) is 10.2 Å². The monoisotopic (exact) mass is 391 g/mol. The average Bonchev–Trinajstić information content (AvgIpc) is 3.36. The average molecular weight is 391 g/mol. The molecule has 4 aromatic rings. The maximum Gasteiger partial charge on any atom is 0.276 e. The van der Waals surface area contributed by atoms with Crippen LogP contribution in [0.3, 0.4) is 0 Å². The predicted octanol–water partition coefficient (Wildman–Crippen LogP) is 4.31. The van der Waals surface area contributed by atoms with Crippen LogP contribution in [0.1, 0.15) is 11.1 Å². The molecule has 0 saturated carbocycles. The van der Waals surface area contributed by atoms with Crippen LogP contribution in [0.15, 0.2) is 101 Å². The van der Waals surface area contributed by atoms with E-state index < -0.39 is 0 Å². The highest BCUT2D eigenvalue weighted by atomic mass is 16.2. The van der Waals surface area contributed by atoms with Gasteiger partial charge < -0.3 is 5.32 Å². The van der Waals surface area contributed by atoms with Crippen LogP contribution in [0.4, 0.5) is 5.69 Å². The van der Waals surface area contributed by atoms with Crippen LogP contribution < -0.4 is 5.32 Å². The van der Waals surface area contributed by atoms with Crippen molar-refractivity contribution < 1.29 is 4.79 Å². The highest BCUT2D eigenvalue weighted by Gasteiger charge is 2.25. The molecule has 5 rings (SSSR count). The minimum atomic E-state index is -0.253. The Morgan fingerprint density at radius 3 is 2.37 bits per heavy atom. The summed E-state index contributed by atoms with van der Waals surface area (Å²) in [5, 5.41) is 16.0. The summed E-state index contributed by atoms with van der Waals surface area (Å²) in [4.78, 5) is 12.2. The Labute approximate surface area is 173 Å². The van der Waals surface area contributed by atoms with Gasteiger partial charge in [0.25, 0.3) is 5.91 Å². The van der Waals surface area contributed by atoms with E-state index in [4.69, 9.17) is 5.10 Å². The van der Waals surface area contributed by atoms with Gasteiger partial charge in [0.05, 0.1) is 17.6 Å². The largest absolute Gasteiger partial charge is 0.320 e. The van der Waals surface area contributed by atoms with Crippen molar-refractivity contribution in [2.24, 2.45) is 10.2 Å². The highest BCUT2D eigenvalue weighted by molar-refractivity contribution is 6.53. The molecule has 30 heavy (non-hydrogen) atoms. The number of benzene rings is 3. The number of para-hydroxylation sites is 2. The van der Waals surface area contributed by atoms with Crippen LogP contribution in [0.5, 0.6) is 0 Å². The first kappa shape index (κ1) is 17.8. The first-order chi connectivity index (χ1) is 14.8. The second kappa shape index (κ2) is 7.60. The zero-order valence-electron chi connectivity index (χ0n) is 15.9. The molecule has 144 valence electrons. The molecule has 2 heterocycles. The number of hydrogen-bond acceptors (Lipinski definition) is 4. The normalized spacial score (nSPS) is 14.3. The number of amides is 1. The Balaban J connectivity index is 1.54. The molecule has 1 amide bonds. The molecule has 6 nitrogen and oxygen atoms in total. The first-order valence-corrected chi connectivity index (χ1v) is 9.52. The molecular formula is C24H17N5O. The van der Waals surface area contributed by atoms with Gasteiger partial charge in [0.2, 0.25) is 0 Å². The quantitative estimate of drug-likeness (QED) is 0.416. The van der Waals surface area contributed by atoms with Crippen LogP contribution in [0.25, 0.3) is 16.9 Å². The van der Waals surface area contributed by atoms with Crippen LogP contribution in [0, 0.1) is 0 Å². The summed E-state index contributed by atoms with van der Waals surface area (Å²) in [6.07, 6.45) is 3.54. The van der Waals surface area contributed by atoms with Crippen molar-refractivity contribution in [2.75, 3.05) is 5.32 Å². The number of anilines is 1. The standard InChI is InChI=1S/C24H17N5O/c30-24-23(20-13-7-8-14-21(20)26-24)27-25-15-18-16-29(19-11-5-2-6-12-19)28-22(18)17-9-3-1-4-10-17/h1-16H,(H,26,27,30)/b25-15-. The summed E-state index contributed by atoms with van der Waals surface area (Å²) in [5.41, 5.74) is 5.33. The third-order valence-electron chi connectivity index (χ3n) is 4.81. The minimum absolute atomic E-state index is 0.253. The topological polar surface area (TPSA) is 71.6 Å². The molecule has 0 atom stereocenters. The summed E-state index contributed by atoms with van der Waals surface area (Å²) >= 11 is 0. The van der Waals surface area contributed by atoms with Crippen molar-refractivity contribution in [3.8, 4) is 16.9 Å². The molecule has 1 aromatic heterocycles. The molecule has 0 unspecified atom stereocenters. The van der Waals surface area contributed by atoms with Crippen molar-refractivity contribution in [3.05, 3.63) is 102 Å². The number of fused-ring (bicyclic) bond motifs is 1. The molecule has 0 saturated heterocycles. The van der Waals surface area contributed by atoms with Crippen LogP contribution in [0.2, 0.25) is 0 Å². The van der Waals surface area contributed by atoms with Crippen molar-refractivity contribution in [1.82, 2.24) is 9.78 Å². The maximum absolute atomic E-state index is 12.2. The van der Waals surface area contributed by atoms with Gasteiger partial charge in [-0.25, -0.2) is 4.68 Å². The van der Waals surface area contributed by atoms with Gasteiger partial charge in [0.1, 0.15) is 5.69 Å². The molecular weight excluding hydrogens is 374 g/mol. The molecule has 0 radical (unpaired) electrons. The molecule has 0 spiro atoms. The minimum Gasteiger partial charge on any atom is -0.320 e. The number of carbonyl (C=O) groups excluding carboxylic acids is 1. The van der Waals surface area contributed by atoms with E-state index in [0.717, 1.165) is 33.8 Å². The van der Waals surface area contributed by atoms with E-state index in [0.29, 0.717) is 5.71 Å². The maximum atomic E-state index is 12.2. The smallest absolute Gasteiger partial charge is 0.276 e. The SMILES string of the molecule is O=C1Nc2ccccc2/C1=N/N=C\c1cn(-c2ccccc2)nc1-c1ccccc1. The van der Waals surface area contributed by atoms with Crippen LogP contribution in [-0.4, -0.2) is 27.6 Å². The van der Waals surface area contributed by atoms with E-state index in [9.17, 15) is 4.79 Å². The van der Waals surface area contributed by atoms with Gasteiger partial charge in [-0.3, -0.25) is 4.79 Å². The third-order valence-corrected chi connectivity index (χ3v) is 4.81. The fraction of sp³-hybridized carbons (Fsp3) is 0. The number of nitrogens with zero attached hydrogens (tertiary/aromatic N) is 4. The second-order valence-electron chi connectivity index (χ2n) is 6.77. The fourth-order valence-electron chi connectivity index (χ4n) is 3.37. The first-order valence-electron chi connectivity index (χ1n) is 9.52. The Bertz CT molecular complexity index is 1270. The molecule has 1 aliphatic heterocycles. The summed E-state index contributed by atoms with van der Waals surface area (Å²) < 4.78 is 1.81. The van der Waals surface area contributed by atoms with E-state index >= 15 is 0 Å². The number of carbonyl (C=O) groups is 1. The molecule has 1 aliphatic rings. The van der Waals surface area contributed by atoms with Gasteiger partial charge in [-0.1, -0.05) is 66.7 Å². The lowest BCUT2D eigenvalue weighted by atomic mass is 10.1.